The Morgan fingerprint density at radius 3 is 2.80 bits per heavy atom. The van der Waals surface area contributed by atoms with Crippen molar-refractivity contribution >= 4 is 11.6 Å². The van der Waals surface area contributed by atoms with E-state index in [0.717, 1.165) is 35.6 Å². The summed E-state index contributed by atoms with van der Waals surface area (Å²) in [5.41, 5.74) is 3.98. The third-order valence-corrected chi connectivity index (χ3v) is 6.25. The van der Waals surface area contributed by atoms with E-state index in [1.807, 2.05) is 29.3 Å². The molecule has 1 aromatic carbocycles. The van der Waals surface area contributed by atoms with Crippen LogP contribution < -0.4 is 10.2 Å². The zero-order chi connectivity index (χ0) is 21.3. The Bertz CT molecular complexity index is 899. The number of aromatic nitrogens is 1. The normalized spacial score (nSPS) is 23.4. The van der Waals surface area contributed by atoms with Crippen LogP contribution in [0.5, 0.6) is 0 Å². The standard InChI is InChI=1S/C24H32N4O2/c1-17-13-27(19(11-25-17)15-30-4)14-23(29)28-16-24(2,3)20-12-26-21(10-22(20)28)18-8-6-5-7-9-18/h5-10,12,17,19,25H,11,13-16H2,1-4H3/t17-,19-/m1/s1. The number of amides is 1. The van der Waals surface area contributed by atoms with Gasteiger partial charge in [0.15, 0.2) is 0 Å². The summed E-state index contributed by atoms with van der Waals surface area (Å²) in [6, 6.07) is 12.8. The summed E-state index contributed by atoms with van der Waals surface area (Å²) in [6.07, 6.45) is 1.95. The SMILES string of the molecule is COC[C@H]1CN[C@H](C)CN1CC(=O)N1CC(C)(C)c2cnc(-c3ccccc3)cc21. The van der Waals surface area contributed by atoms with Gasteiger partial charge in [-0.1, -0.05) is 44.2 Å². The van der Waals surface area contributed by atoms with E-state index in [0.29, 0.717) is 25.7 Å². The Morgan fingerprint density at radius 1 is 1.30 bits per heavy atom. The van der Waals surface area contributed by atoms with Crippen LogP contribution in [0, 0.1) is 0 Å². The molecule has 1 N–H and O–H groups in total. The van der Waals surface area contributed by atoms with Gasteiger partial charge in [-0.15, -0.1) is 0 Å². The monoisotopic (exact) mass is 408 g/mol. The van der Waals surface area contributed by atoms with E-state index in [9.17, 15) is 4.79 Å². The van der Waals surface area contributed by atoms with Crippen molar-refractivity contribution in [3.63, 3.8) is 0 Å². The number of anilines is 1. The van der Waals surface area contributed by atoms with E-state index < -0.39 is 0 Å². The number of methoxy groups -OCH3 is 1. The van der Waals surface area contributed by atoms with Crippen molar-refractivity contribution in [1.82, 2.24) is 15.2 Å². The first-order chi connectivity index (χ1) is 14.4. The van der Waals surface area contributed by atoms with Gasteiger partial charge in [0.05, 0.1) is 24.5 Å². The minimum Gasteiger partial charge on any atom is -0.383 e. The molecule has 2 aliphatic rings. The van der Waals surface area contributed by atoms with Crippen molar-refractivity contribution in [2.45, 2.75) is 38.3 Å². The molecule has 1 aromatic heterocycles. The third-order valence-electron chi connectivity index (χ3n) is 6.25. The molecule has 1 amide bonds. The molecule has 0 spiro atoms. The summed E-state index contributed by atoms with van der Waals surface area (Å²) in [4.78, 5) is 22.4. The maximum Gasteiger partial charge on any atom is 0.241 e. The van der Waals surface area contributed by atoms with Gasteiger partial charge in [0.2, 0.25) is 5.91 Å². The second kappa shape index (κ2) is 8.46. The van der Waals surface area contributed by atoms with Crippen LogP contribution in [0.2, 0.25) is 0 Å². The molecule has 30 heavy (non-hydrogen) atoms. The predicted octanol–water partition coefficient (Wildman–Crippen LogP) is 2.68. The van der Waals surface area contributed by atoms with E-state index in [1.54, 1.807) is 7.11 Å². The van der Waals surface area contributed by atoms with E-state index in [1.165, 1.54) is 0 Å². The molecule has 6 nitrogen and oxygen atoms in total. The fourth-order valence-electron chi connectivity index (χ4n) is 4.59. The van der Waals surface area contributed by atoms with Gasteiger partial charge in [-0.05, 0) is 13.0 Å². The number of benzene rings is 1. The predicted molar refractivity (Wildman–Crippen MR) is 120 cm³/mol. The average Bonchev–Trinajstić information content (AvgIpc) is 3.01. The third kappa shape index (κ3) is 4.13. The number of pyridine rings is 1. The quantitative estimate of drug-likeness (QED) is 0.824. The van der Waals surface area contributed by atoms with Gasteiger partial charge in [0.1, 0.15) is 0 Å². The lowest BCUT2D eigenvalue weighted by atomic mass is 9.88. The second-order valence-corrected chi connectivity index (χ2v) is 9.16. The topological polar surface area (TPSA) is 57.7 Å². The molecular weight excluding hydrogens is 376 g/mol. The summed E-state index contributed by atoms with van der Waals surface area (Å²) in [5.74, 6) is 0.141. The summed E-state index contributed by atoms with van der Waals surface area (Å²) < 4.78 is 5.39. The molecule has 0 aliphatic carbocycles. The van der Waals surface area contributed by atoms with Crippen LogP contribution >= 0.6 is 0 Å². The van der Waals surface area contributed by atoms with E-state index in [-0.39, 0.29) is 17.4 Å². The Morgan fingerprint density at radius 2 is 2.07 bits per heavy atom. The summed E-state index contributed by atoms with van der Waals surface area (Å²) in [7, 11) is 1.72. The number of nitrogens with one attached hydrogen (secondary N) is 1. The van der Waals surface area contributed by atoms with Crippen LogP contribution in [-0.2, 0) is 14.9 Å². The van der Waals surface area contributed by atoms with Crippen LogP contribution in [0.15, 0.2) is 42.6 Å². The smallest absolute Gasteiger partial charge is 0.241 e. The molecule has 0 saturated carbocycles. The van der Waals surface area contributed by atoms with Gasteiger partial charge in [0.25, 0.3) is 0 Å². The number of fused-ring (bicyclic) bond motifs is 1. The maximum absolute atomic E-state index is 13.5. The van der Waals surface area contributed by atoms with Gasteiger partial charge in [-0.3, -0.25) is 14.7 Å². The molecule has 3 heterocycles. The van der Waals surface area contributed by atoms with Gasteiger partial charge in [-0.25, -0.2) is 0 Å². The highest BCUT2D eigenvalue weighted by molar-refractivity contribution is 5.98. The molecule has 2 aromatic rings. The van der Waals surface area contributed by atoms with Crippen LogP contribution in [0.4, 0.5) is 5.69 Å². The lowest BCUT2D eigenvalue weighted by molar-refractivity contribution is -0.121. The molecule has 4 rings (SSSR count). The zero-order valence-corrected chi connectivity index (χ0v) is 18.4. The molecule has 160 valence electrons. The Kier molecular flexibility index (Phi) is 5.91. The largest absolute Gasteiger partial charge is 0.383 e. The fraction of sp³-hybridized carbons (Fsp3) is 0.500. The first-order valence-electron chi connectivity index (χ1n) is 10.7. The van der Waals surface area contributed by atoms with E-state index in [4.69, 9.17) is 9.72 Å². The molecule has 6 heteroatoms. The number of hydrogen-bond donors (Lipinski definition) is 1. The second-order valence-electron chi connectivity index (χ2n) is 9.16. The lowest BCUT2D eigenvalue weighted by Gasteiger charge is -2.39. The van der Waals surface area contributed by atoms with Crippen LogP contribution in [-0.4, -0.2) is 67.8 Å². The number of carbonyl (C=O) groups is 1. The Balaban J connectivity index is 1.60. The lowest BCUT2D eigenvalue weighted by Crippen LogP contribution is -2.59. The molecule has 0 unspecified atom stereocenters. The minimum absolute atomic E-state index is 0.115. The molecule has 1 fully saturated rings. The van der Waals surface area contributed by atoms with Gasteiger partial charge in [-0.2, -0.15) is 0 Å². The van der Waals surface area contributed by atoms with Crippen LogP contribution in [0.3, 0.4) is 0 Å². The molecule has 2 atom stereocenters. The first-order valence-corrected chi connectivity index (χ1v) is 10.7. The number of ether oxygens (including phenoxy) is 1. The van der Waals surface area contributed by atoms with Crippen molar-refractivity contribution in [2.75, 3.05) is 44.8 Å². The highest BCUT2D eigenvalue weighted by Gasteiger charge is 2.39. The van der Waals surface area contributed by atoms with Crippen molar-refractivity contribution in [3.8, 4) is 11.3 Å². The average molecular weight is 409 g/mol. The highest BCUT2D eigenvalue weighted by Crippen LogP contribution is 2.41. The van der Waals surface area contributed by atoms with Crippen molar-refractivity contribution in [2.24, 2.45) is 0 Å². The van der Waals surface area contributed by atoms with Gasteiger partial charge in [0, 0.05) is 61.6 Å². The number of carbonyl (C=O) groups excluding carboxylic acids is 1. The summed E-state index contributed by atoms with van der Waals surface area (Å²) in [5, 5.41) is 3.49. The number of rotatable bonds is 5. The Labute approximate surface area is 179 Å². The minimum atomic E-state index is -0.115. The van der Waals surface area contributed by atoms with Crippen molar-refractivity contribution in [3.05, 3.63) is 48.2 Å². The number of piperazine rings is 1. The maximum atomic E-state index is 13.5. The molecular formula is C24H32N4O2. The van der Waals surface area contributed by atoms with Gasteiger partial charge < -0.3 is 15.0 Å². The van der Waals surface area contributed by atoms with E-state index in [2.05, 4.69) is 49.2 Å². The van der Waals surface area contributed by atoms with Crippen LogP contribution in [0.1, 0.15) is 26.3 Å². The van der Waals surface area contributed by atoms with Crippen molar-refractivity contribution in [1.29, 1.82) is 0 Å². The molecule has 1 saturated heterocycles. The highest BCUT2D eigenvalue weighted by atomic mass is 16.5. The Hall–Kier alpha value is -2.28. The number of nitrogens with zero attached hydrogens (tertiary/aromatic N) is 3. The molecule has 2 aliphatic heterocycles. The zero-order valence-electron chi connectivity index (χ0n) is 18.4. The molecule has 0 bridgehead atoms. The van der Waals surface area contributed by atoms with Crippen molar-refractivity contribution < 1.29 is 9.53 Å². The summed E-state index contributed by atoms with van der Waals surface area (Å²) in [6.45, 7) is 9.91. The molecule has 0 radical (unpaired) electrons. The summed E-state index contributed by atoms with van der Waals surface area (Å²) >= 11 is 0. The number of hydrogen-bond acceptors (Lipinski definition) is 5. The van der Waals surface area contributed by atoms with Gasteiger partial charge >= 0.3 is 0 Å². The first kappa shape index (κ1) is 21.0. The fourth-order valence-corrected chi connectivity index (χ4v) is 4.59. The van der Waals surface area contributed by atoms with E-state index >= 15 is 0 Å². The van der Waals surface area contributed by atoms with Crippen LogP contribution in [0.25, 0.3) is 11.3 Å².